The van der Waals surface area contributed by atoms with Gasteiger partial charge in [0.1, 0.15) is 13.2 Å². The number of rotatable bonds is 59. The SMILES string of the molecule is CC/C=C\C/C=C\C/C=C\C/C=C\C/C=C\C/C=C\CCCCCCCCCCCCCCCCCCCCC(=O)OC(COC(=O)CCCCCCCCC/C=C\C/C=C\CCCCC)COC(OCC[N+](C)(C)C)C(=O)[O-]. The molecule has 0 rings (SSSR count). The van der Waals surface area contributed by atoms with Crippen LogP contribution in [0.3, 0.4) is 0 Å². The van der Waals surface area contributed by atoms with Crippen molar-refractivity contribution in [3.63, 3.8) is 0 Å². The molecule has 0 aliphatic heterocycles. The molecule has 79 heavy (non-hydrogen) atoms. The van der Waals surface area contributed by atoms with Crippen molar-refractivity contribution in [2.45, 2.75) is 283 Å². The van der Waals surface area contributed by atoms with E-state index in [1.54, 1.807) is 0 Å². The van der Waals surface area contributed by atoms with Gasteiger partial charge in [-0.05, 0) is 96.3 Å². The largest absolute Gasteiger partial charge is 0.545 e. The molecule has 0 heterocycles. The molecule has 0 bridgehead atoms. The van der Waals surface area contributed by atoms with Gasteiger partial charge in [-0.2, -0.15) is 0 Å². The standard InChI is InChI=1S/C70H121NO8/c1-6-8-10-12-14-16-18-20-22-24-25-26-27-28-29-30-31-32-33-34-35-36-37-38-39-40-41-42-43-45-47-49-51-53-55-57-59-61-68(73)79-66(65-78-70(69(74)75)76-63-62-71(3,4)5)64-77-67(72)60-58-56-54-52-50-48-46-44-23-21-19-17-15-13-11-9-7-2/h8,10,14-17,20-23,25-26,28-29,31-32,66,70H,6-7,9,11-13,18-19,24,27,30,33-65H2,1-5H3/b10-8-,16-14-,17-15-,22-20-,23-21-,26-25-,29-28-,32-31-. The van der Waals surface area contributed by atoms with E-state index in [0.717, 1.165) is 96.3 Å². The van der Waals surface area contributed by atoms with Crippen molar-refractivity contribution < 1.29 is 42.9 Å². The van der Waals surface area contributed by atoms with E-state index in [1.165, 1.54) is 141 Å². The number of esters is 2. The van der Waals surface area contributed by atoms with Gasteiger partial charge in [0.05, 0.1) is 40.3 Å². The average Bonchev–Trinajstić information content (AvgIpc) is 3.42. The minimum Gasteiger partial charge on any atom is -0.545 e. The second kappa shape index (κ2) is 60.3. The first-order chi connectivity index (χ1) is 38.6. The van der Waals surface area contributed by atoms with Gasteiger partial charge in [0.2, 0.25) is 0 Å². The van der Waals surface area contributed by atoms with Gasteiger partial charge in [-0.25, -0.2) is 0 Å². The smallest absolute Gasteiger partial charge is 0.306 e. The summed E-state index contributed by atoms with van der Waals surface area (Å²) in [6.45, 7) is 4.61. The van der Waals surface area contributed by atoms with Crippen molar-refractivity contribution in [3.8, 4) is 0 Å². The Morgan fingerprint density at radius 1 is 0.392 bits per heavy atom. The van der Waals surface area contributed by atoms with Crippen molar-refractivity contribution in [3.05, 3.63) is 97.2 Å². The third-order valence-corrected chi connectivity index (χ3v) is 13.8. The molecule has 0 aromatic carbocycles. The Bertz CT molecular complexity index is 1620. The highest BCUT2D eigenvalue weighted by Gasteiger charge is 2.22. The molecule has 9 heteroatoms. The van der Waals surface area contributed by atoms with Crippen molar-refractivity contribution in [1.82, 2.24) is 0 Å². The van der Waals surface area contributed by atoms with Crippen molar-refractivity contribution in [2.75, 3.05) is 47.5 Å². The predicted octanol–water partition coefficient (Wildman–Crippen LogP) is 18.4. The zero-order chi connectivity index (χ0) is 57.6. The number of carboxylic acid groups (broad SMARTS) is 1. The maximum atomic E-state index is 12.9. The molecule has 0 N–H and O–H groups in total. The molecule has 0 saturated heterocycles. The Kier molecular flexibility index (Phi) is 57.4. The number of unbranched alkanes of at least 4 members (excludes halogenated alkanes) is 28. The number of carbonyl (C=O) groups is 3. The molecule has 0 aromatic rings. The lowest BCUT2D eigenvalue weighted by Crippen LogP contribution is -2.44. The van der Waals surface area contributed by atoms with Gasteiger partial charge in [0, 0.05) is 12.8 Å². The Labute approximate surface area is 486 Å². The number of nitrogens with zero attached hydrogens (tertiary/aromatic N) is 1. The number of likely N-dealkylation sites (N-methyl/N-ethyl adjacent to an activating group) is 1. The summed E-state index contributed by atoms with van der Waals surface area (Å²) in [7, 11) is 5.92. The first kappa shape index (κ1) is 75.2. The first-order valence-electron chi connectivity index (χ1n) is 32.4. The molecule has 2 atom stereocenters. The van der Waals surface area contributed by atoms with E-state index in [1.807, 2.05) is 21.1 Å². The van der Waals surface area contributed by atoms with Gasteiger partial charge in [0.15, 0.2) is 12.4 Å². The lowest BCUT2D eigenvalue weighted by atomic mass is 10.0. The Balaban J connectivity index is 4.07. The highest BCUT2D eigenvalue weighted by molar-refractivity contribution is 5.70. The number of carbonyl (C=O) groups excluding carboxylic acids is 3. The van der Waals surface area contributed by atoms with Crippen LogP contribution in [0.1, 0.15) is 271 Å². The van der Waals surface area contributed by atoms with Gasteiger partial charge in [0.25, 0.3) is 0 Å². The number of hydrogen-bond acceptors (Lipinski definition) is 8. The zero-order valence-corrected chi connectivity index (χ0v) is 51.7. The Morgan fingerprint density at radius 3 is 1.08 bits per heavy atom. The summed E-state index contributed by atoms with van der Waals surface area (Å²) >= 11 is 0. The van der Waals surface area contributed by atoms with Crippen LogP contribution < -0.4 is 5.11 Å². The molecule has 0 amide bonds. The summed E-state index contributed by atoms with van der Waals surface area (Å²) < 4.78 is 22.7. The van der Waals surface area contributed by atoms with Crippen LogP contribution in [0.25, 0.3) is 0 Å². The van der Waals surface area contributed by atoms with Crippen molar-refractivity contribution in [1.29, 1.82) is 0 Å². The molecule has 0 radical (unpaired) electrons. The van der Waals surface area contributed by atoms with E-state index in [2.05, 4.69) is 111 Å². The maximum Gasteiger partial charge on any atom is 0.306 e. The second-order valence-corrected chi connectivity index (χ2v) is 22.7. The van der Waals surface area contributed by atoms with E-state index < -0.39 is 24.3 Å². The van der Waals surface area contributed by atoms with Crippen LogP contribution >= 0.6 is 0 Å². The molecular weight excluding hydrogens is 983 g/mol. The van der Waals surface area contributed by atoms with E-state index in [9.17, 15) is 19.5 Å². The molecule has 0 aromatic heterocycles. The molecule has 0 spiro atoms. The summed E-state index contributed by atoms with van der Waals surface area (Å²) in [6.07, 6.45) is 79.0. The first-order valence-corrected chi connectivity index (χ1v) is 32.4. The molecule has 454 valence electrons. The van der Waals surface area contributed by atoms with E-state index in [4.69, 9.17) is 18.9 Å². The molecule has 0 aliphatic rings. The summed E-state index contributed by atoms with van der Waals surface area (Å²) in [5.41, 5.74) is 0. The number of aliphatic carboxylic acids is 1. The van der Waals surface area contributed by atoms with Gasteiger partial charge >= 0.3 is 11.9 Å². The van der Waals surface area contributed by atoms with Crippen LogP contribution in [0.15, 0.2) is 97.2 Å². The number of allylic oxidation sites excluding steroid dienone is 16. The number of ether oxygens (including phenoxy) is 4. The second-order valence-electron chi connectivity index (χ2n) is 22.7. The van der Waals surface area contributed by atoms with Gasteiger partial charge in [-0.15, -0.1) is 0 Å². The number of quaternary nitrogens is 1. The van der Waals surface area contributed by atoms with Crippen molar-refractivity contribution in [2.24, 2.45) is 0 Å². The highest BCUT2D eigenvalue weighted by Crippen LogP contribution is 2.17. The third kappa shape index (κ3) is 61.7. The van der Waals surface area contributed by atoms with E-state index >= 15 is 0 Å². The maximum absolute atomic E-state index is 12.9. The Morgan fingerprint density at radius 2 is 0.722 bits per heavy atom. The highest BCUT2D eigenvalue weighted by atomic mass is 16.7. The molecule has 0 fully saturated rings. The van der Waals surface area contributed by atoms with Gasteiger partial charge < -0.3 is 33.3 Å². The minimum absolute atomic E-state index is 0.144. The summed E-state index contributed by atoms with van der Waals surface area (Å²) in [5.74, 6) is -2.29. The molecule has 0 aliphatic carbocycles. The fraction of sp³-hybridized carbons (Fsp3) is 0.729. The van der Waals surface area contributed by atoms with E-state index in [-0.39, 0.29) is 38.6 Å². The minimum atomic E-state index is -1.63. The van der Waals surface area contributed by atoms with Crippen molar-refractivity contribution >= 4 is 17.9 Å². The van der Waals surface area contributed by atoms with Gasteiger partial charge in [-0.1, -0.05) is 259 Å². The average molecular weight is 1100 g/mol. The topological polar surface area (TPSA) is 111 Å². The molecular formula is C70H121NO8. The van der Waals surface area contributed by atoms with Crippen LogP contribution in [0, 0.1) is 0 Å². The zero-order valence-electron chi connectivity index (χ0n) is 51.7. The van der Waals surface area contributed by atoms with E-state index in [0.29, 0.717) is 17.4 Å². The number of hydrogen-bond donors (Lipinski definition) is 0. The summed E-state index contributed by atoms with van der Waals surface area (Å²) in [4.78, 5) is 37.3. The fourth-order valence-corrected chi connectivity index (χ4v) is 8.87. The summed E-state index contributed by atoms with van der Waals surface area (Å²) in [6, 6.07) is 0. The monoisotopic (exact) mass is 1100 g/mol. The lowest BCUT2D eigenvalue weighted by molar-refractivity contribution is -0.870. The number of carboxylic acids is 1. The Hall–Kier alpha value is -3.79. The molecule has 0 saturated carbocycles. The summed E-state index contributed by atoms with van der Waals surface area (Å²) in [5, 5.41) is 11.8. The van der Waals surface area contributed by atoms with Crippen LogP contribution in [-0.4, -0.2) is 82.3 Å². The lowest BCUT2D eigenvalue weighted by Gasteiger charge is -2.26. The van der Waals surface area contributed by atoms with Crippen LogP contribution in [0.4, 0.5) is 0 Å². The van der Waals surface area contributed by atoms with Crippen LogP contribution in [-0.2, 0) is 33.3 Å². The molecule has 9 nitrogen and oxygen atoms in total. The predicted molar refractivity (Wildman–Crippen MR) is 334 cm³/mol. The normalized spacial score (nSPS) is 13.4. The third-order valence-electron chi connectivity index (χ3n) is 13.8. The quantitative estimate of drug-likeness (QED) is 0.0195. The van der Waals surface area contributed by atoms with Crippen LogP contribution in [0.2, 0.25) is 0 Å². The van der Waals surface area contributed by atoms with Gasteiger partial charge in [-0.3, -0.25) is 9.59 Å². The fourth-order valence-electron chi connectivity index (χ4n) is 8.87. The van der Waals surface area contributed by atoms with Crippen LogP contribution in [0.5, 0.6) is 0 Å². The molecule has 2 unspecified atom stereocenters.